The molecule has 0 aliphatic carbocycles. The number of aromatic carboxylic acids is 1. The first-order valence-corrected chi connectivity index (χ1v) is 7.03. The number of hydrogen-bond acceptors (Lipinski definition) is 2. The van der Waals surface area contributed by atoms with Gasteiger partial charge in [-0.15, -0.1) is 0 Å². The number of carbonyl (C=O) groups is 2. The van der Waals surface area contributed by atoms with Gasteiger partial charge >= 0.3 is 12.0 Å². The molecule has 0 bridgehead atoms. The smallest absolute Gasteiger partial charge is 0.340 e. The van der Waals surface area contributed by atoms with Crippen molar-refractivity contribution >= 4 is 17.7 Å². The lowest BCUT2D eigenvalue weighted by atomic mass is 9.98. The summed E-state index contributed by atoms with van der Waals surface area (Å²) < 4.78 is 13.6. The SMILES string of the molecule is CC1CCCC(C)N1C(=O)Nc1cccc(F)c1C(=O)O. The number of rotatable bonds is 2. The molecule has 2 amide bonds. The van der Waals surface area contributed by atoms with Crippen molar-refractivity contribution in [2.24, 2.45) is 0 Å². The van der Waals surface area contributed by atoms with E-state index in [4.69, 9.17) is 5.11 Å². The van der Waals surface area contributed by atoms with Crippen LogP contribution in [0.2, 0.25) is 0 Å². The third-order valence-corrected chi connectivity index (χ3v) is 3.90. The van der Waals surface area contributed by atoms with Crippen molar-refractivity contribution in [2.45, 2.75) is 45.2 Å². The molecule has 1 aromatic carbocycles. The lowest BCUT2D eigenvalue weighted by molar-refractivity contribution is 0.0693. The lowest BCUT2D eigenvalue weighted by Crippen LogP contribution is -2.49. The Hall–Kier alpha value is -2.11. The van der Waals surface area contributed by atoms with Gasteiger partial charge in [0.05, 0.1) is 5.69 Å². The summed E-state index contributed by atoms with van der Waals surface area (Å²) in [6.45, 7) is 3.91. The number of nitrogens with one attached hydrogen (secondary N) is 1. The molecule has 0 radical (unpaired) electrons. The van der Waals surface area contributed by atoms with E-state index in [1.54, 1.807) is 4.90 Å². The molecule has 21 heavy (non-hydrogen) atoms. The van der Waals surface area contributed by atoms with Gasteiger partial charge in [0.25, 0.3) is 0 Å². The molecule has 1 aromatic rings. The summed E-state index contributed by atoms with van der Waals surface area (Å²) in [6, 6.07) is 3.60. The number of benzene rings is 1. The highest BCUT2D eigenvalue weighted by Gasteiger charge is 2.29. The first kappa shape index (κ1) is 15.3. The van der Waals surface area contributed by atoms with Crippen molar-refractivity contribution in [3.8, 4) is 0 Å². The van der Waals surface area contributed by atoms with Crippen molar-refractivity contribution in [2.75, 3.05) is 5.32 Å². The molecule has 1 fully saturated rings. The van der Waals surface area contributed by atoms with E-state index in [0.717, 1.165) is 25.3 Å². The lowest BCUT2D eigenvalue weighted by Gasteiger charge is -2.38. The number of urea groups is 1. The van der Waals surface area contributed by atoms with Gasteiger partial charge < -0.3 is 15.3 Å². The predicted molar refractivity (Wildman–Crippen MR) is 77.0 cm³/mol. The number of carboxylic acids is 1. The van der Waals surface area contributed by atoms with Crippen LogP contribution in [0.15, 0.2) is 18.2 Å². The van der Waals surface area contributed by atoms with Crippen molar-refractivity contribution in [1.29, 1.82) is 0 Å². The fourth-order valence-electron chi connectivity index (χ4n) is 2.85. The maximum atomic E-state index is 13.6. The summed E-state index contributed by atoms with van der Waals surface area (Å²) in [5.41, 5.74) is -0.527. The fourth-order valence-corrected chi connectivity index (χ4v) is 2.85. The predicted octanol–water partition coefficient (Wildman–Crippen LogP) is 3.32. The second-order valence-corrected chi connectivity index (χ2v) is 5.43. The summed E-state index contributed by atoms with van der Waals surface area (Å²) in [7, 11) is 0. The largest absolute Gasteiger partial charge is 0.478 e. The zero-order valence-electron chi connectivity index (χ0n) is 12.1. The summed E-state index contributed by atoms with van der Waals surface area (Å²) in [5.74, 6) is -2.26. The molecular weight excluding hydrogens is 275 g/mol. The van der Waals surface area contributed by atoms with E-state index in [9.17, 15) is 14.0 Å². The maximum Gasteiger partial charge on any atom is 0.340 e. The van der Waals surface area contributed by atoms with Gasteiger partial charge in [0.2, 0.25) is 0 Å². The number of carboxylic acid groups (broad SMARTS) is 1. The first-order chi connectivity index (χ1) is 9.91. The third kappa shape index (κ3) is 3.15. The number of carbonyl (C=O) groups excluding carboxylic acids is 1. The number of amides is 2. The topological polar surface area (TPSA) is 69.6 Å². The van der Waals surface area contributed by atoms with Crippen molar-refractivity contribution in [1.82, 2.24) is 4.90 Å². The first-order valence-electron chi connectivity index (χ1n) is 7.03. The maximum absolute atomic E-state index is 13.6. The van der Waals surface area contributed by atoms with Crippen LogP contribution in [0.1, 0.15) is 43.5 Å². The Morgan fingerprint density at radius 2 is 1.90 bits per heavy atom. The molecule has 0 aromatic heterocycles. The van der Waals surface area contributed by atoms with Gasteiger partial charge in [-0.05, 0) is 45.2 Å². The van der Waals surface area contributed by atoms with Gasteiger partial charge in [-0.25, -0.2) is 14.0 Å². The highest BCUT2D eigenvalue weighted by molar-refractivity contribution is 6.00. The minimum Gasteiger partial charge on any atom is -0.478 e. The van der Waals surface area contributed by atoms with Gasteiger partial charge in [-0.2, -0.15) is 0 Å². The Labute approximate surface area is 122 Å². The van der Waals surface area contributed by atoms with Crippen LogP contribution >= 0.6 is 0 Å². The van der Waals surface area contributed by atoms with Crippen LogP contribution in [0.25, 0.3) is 0 Å². The molecule has 114 valence electrons. The van der Waals surface area contributed by atoms with Crippen molar-refractivity contribution < 1.29 is 19.1 Å². The van der Waals surface area contributed by atoms with Crippen LogP contribution in [-0.4, -0.2) is 34.1 Å². The van der Waals surface area contributed by atoms with Crippen LogP contribution in [0.5, 0.6) is 0 Å². The van der Waals surface area contributed by atoms with Crippen LogP contribution < -0.4 is 5.32 Å². The molecular formula is C15H19FN2O3. The molecule has 6 heteroatoms. The minimum atomic E-state index is -1.40. The van der Waals surface area contributed by atoms with E-state index in [-0.39, 0.29) is 23.8 Å². The fraction of sp³-hybridized carbons (Fsp3) is 0.467. The van der Waals surface area contributed by atoms with Crippen LogP contribution in [0.3, 0.4) is 0 Å². The average molecular weight is 294 g/mol. The zero-order chi connectivity index (χ0) is 15.6. The summed E-state index contributed by atoms with van der Waals surface area (Å²) in [4.78, 5) is 25.2. The molecule has 2 unspecified atom stereocenters. The molecule has 2 atom stereocenters. The molecule has 5 nitrogen and oxygen atoms in total. The third-order valence-electron chi connectivity index (χ3n) is 3.90. The zero-order valence-corrected chi connectivity index (χ0v) is 12.1. The molecule has 2 rings (SSSR count). The Kier molecular flexibility index (Phi) is 4.45. The molecule has 0 saturated carbocycles. The Morgan fingerprint density at radius 3 is 2.48 bits per heavy atom. The van der Waals surface area contributed by atoms with Gasteiger partial charge in [-0.1, -0.05) is 6.07 Å². The number of anilines is 1. The van der Waals surface area contributed by atoms with Gasteiger partial charge in [0, 0.05) is 12.1 Å². The van der Waals surface area contributed by atoms with E-state index < -0.39 is 17.3 Å². The van der Waals surface area contributed by atoms with E-state index in [1.807, 2.05) is 13.8 Å². The van der Waals surface area contributed by atoms with E-state index in [1.165, 1.54) is 12.1 Å². The Morgan fingerprint density at radius 1 is 1.29 bits per heavy atom. The highest BCUT2D eigenvalue weighted by Crippen LogP contribution is 2.25. The van der Waals surface area contributed by atoms with Gasteiger partial charge in [-0.3, -0.25) is 0 Å². The van der Waals surface area contributed by atoms with E-state index in [2.05, 4.69) is 5.32 Å². The Balaban J connectivity index is 2.24. The summed E-state index contributed by atoms with van der Waals surface area (Å²) >= 11 is 0. The standard InChI is InChI=1S/C15H19FN2O3/c1-9-5-3-6-10(2)18(9)15(21)17-12-8-4-7-11(16)13(12)14(19)20/h4,7-10H,3,5-6H2,1-2H3,(H,17,21)(H,19,20). The second kappa shape index (κ2) is 6.11. The number of piperidine rings is 1. The molecule has 1 heterocycles. The van der Waals surface area contributed by atoms with E-state index >= 15 is 0 Å². The molecule has 1 aliphatic rings. The molecule has 0 spiro atoms. The average Bonchev–Trinajstić information content (AvgIpc) is 2.37. The molecule has 1 saturated heterocycles. The van der Waals surface area contributed by atoms with Crippen molar-refractivity contribution in [3.05, 3.63) is 29.6 Å². The molecule has 1 aliphatic heterocycles. The quantitative estimate of drug-likeness (QED) is 0.879. The highest BCUT2D eigenvalue weighted by atomic mass is 19.1. The second-order valence-electron chi connectivity index (χ2n) is 5.43. The van der Waals surface area contributed by atoms with Crippen LogP contribution in [0.4, 0.5) is 14.9 Å². The van der Waals surface area contributed by atoms with Crippen LogP contribution in [0, 0.1) is 5.82 Å². The molecule has 2 N–H and O–H groups in total. The summed E-state index contributed by atoms with van der Waals surface area (Å²) in [5, 5.41) is 11.6. The summed E-state index contributed by atoms with van der Waals surface area (Å²) in [6.07, 6.45) is 2.88. The Bertz CT molecular complexity index is 552. The van der Waals surface area contributed by atoms with E-state index in [0.29, 0.717) is 0 Å². The normalized spacial score (nSPS) is 22.0. The minimum absolute atomic E-state index is 0.0162. The number of likely N-dealkylation sites (tertiary alicyclic amines) is 1. The van der Waals surface area contributed by atoms with Crippen LogP contribution in [-0.2, 0) is 0 Å². The van der Waals surface area contributed by atoms with Crippen molar-refractivity contribution in [3.63, 3.8) is 0 Å². The number of nitrogens with zero attached hydrogens (tertiary/aromatic N) is 1. The number of hydrogen-bond donors (Lipinski definition) is 2. The number of halogens is 1. The monoisotopic (exact) mass is 294 g/mol. The van der Waals surface area contributed by atoms with Gasteiger partial charge in [0.1, 0.15) is 11.4 Å². The van der Waals surface area contributed by atoms with Gasteiger partial charge in [0.15, 0.2) is 0 Å².